The van der Waals surface area contributed by atoms with Crippen LogP contribution in [0.4, 0.5) is 22.8 Å². The second-order valence-corrected chi connectivity index (χ2v) is 11.5. The fraction of sp³-hybridized carbons (Fsp3) is 0.864. The van der Waals surface area contributed by atoms with Crippen molar-refractivity contribution in [2.75, 3.05) is 6.54 Å². The topological polar surface area (TPSA) is 122 Å². The molecule has 8 nitrogen and oxygen atoms in total. The zero-order valence-electron chi connectivity index (χ0n) is 19.1. The minimum atomic E-state index is -4.91. The summed E-state index contributed by atoms with van der Waals surface area (Å²) in [6.07, 6.45) is -5.52. The number of hydrogen-bond acceptors (Lipinski definition) is 4. The lowest BCUT2D eigenvalue weighted by Gasteiger charge is -2.62. The SMILES string of the molecule is CC(C)(C)OC(=O)NC1(C(F)(F)F)CCN(C(=O)O)C1C1C2CC3C[C@H]1C[C@@](C(N)=O)(C3)C2. The predicted molar refractivity (Wildman–Crippen MR) is 110 cm³/mol. The van der Waals surface area contributed by atoms with E-state index in [0.29, 0.717) is 32.1 Å². The number of alkyl carbamates (subject to hydrolysis) is 1. The number of nitrogens with two attached hydrogens (primary N) is 1. The second-order valence-electron chi connectivity index (χ2n) is 11.5. The third-order valence-electron chi connectivity index (χ3n) is 8.30. The van der Waals surface area contributed by atoms with Gasteiger partial charge in [0.25, 0.3) is 0 Å². The molecular weight excluding hydrogens is 443 g/mol. The fourth-order valence-corrected chi connectivity index (χ4v) is 7.48. The molecule has 4 saturated carbocycles. The van der Waals surface area contributed by atoms with Crippen LogP contribution in [-0.4, -0.2) is 58.0 Å². The van der Waals surface area contributed by atoms with Gasteiger partial charge in [0, 0.05) is 12.0 Å². The Balaban J connectivity index is 1.75. The van der Waals surface area contributed by atoms with Crippen molar-refractivity contribution in [3.05, 3.63) is 0 Å². The molecule has 3 amide bonds. The first-order valence-corrected chi connectivity index (χ1v) is 11.5. The number of amides is 3. The van der Waals surface area contributed by atoms with E-state index in [1.165, 1.54) is 0 Å². The smallest absolute Gasteiger partial charge is 0.413 e. The molecule has 0 aromatic carbocycles. The molecule has 0 aromatic rings. The largest absolute Gasteiger partial charge is 0.465 e. The van der Waals surface area contributed by atoms with Crippen LogP contribution >= 0.6 is 0 Å². The lowest BCUT2D eigenvalue weighted by Crippen LogP contribution is -2.71. The van der Waals surface area contributed by atoms with Crippen LogP contribution in [0.25, 0.3) is 0 Å². The van der Waals surface area contributed by atoms with Crippen LogP contribution in [-0.2, 0) is 9.53 Å². The lowest BCUT2D eigenvalue weighted by atomic mass is 9.44. The Morgan fingerprint density at radius 1 is 1.09 bits per heavy atom. The van der Waals surface area contributed by atoms with E-state index in [-0.39, 0.29) is 24.3 Å². The molecule has 0 radical (unpaired) electrons. The van der Waals surface area contributed by atoms with E-state index in [9.17, 15) is 32.7 Å². The molecular formula is C22H32F3N3O5. The van der Waals surface area contributed by atoms with Crippen molar-refractivity contribution in [1.29, 1.82) is 0 Å². The molecule has 0 aromatic heterocycles. The van der Waals surface area contributed by atoms with Gasteiger partial charge in [0.05, 0.1) is 6.04 Å². The van der Waals surface area contributed by atoms with Crippen LogP contribution in [0.3, 0.4) is 0 Å². The number of nitrogens with zero attached hydrogens (tertiary/aromatic N) is 1. The number of nitrogens with one attached hydrogen (secondary N) is 1. The van der Waals surface area contributed by atoms with Gasteiger partial charge in [-0.3, -0.25) is 4.79 Å². The summed E-state index contributed by atoms with van der Waals surface area (Å²) in [7, 11) is 0. The summed E-state index contributed by atoms with van der Waals surface area (Å²) >= 11 is 0. The molecule has 1 heterocycles. The Labute approximate surface area is 190 Å². The summed E-state index contributed by atoms with van der Waals surface area (Å²) in [5, 5.41) is 11.9. The number of likely N-dealkylation sites (tertiary alicyclic amines) is 1. The molecule has 4 aliphatic carbocycles. The molecule has 1 saturated heterocycles. The van der Waals surface area contributed by atoms with Crippen molar-refractivity contribution >= 4 is 18.1 Å². The van der Waals surface area contributed by atoms with Crippen molar-refractivity contribution in [3.63, 3.8) is 0 Å². The van der Waals surface area contributed by atoms with Crippen LogP contribution in [0.2, 0.25) is 0 Å². The maximum atomic E-state index is 14.8. The van der Waals surface area contributed by atoms with Gasteiger partial charge < -0.3 is 25.8 Å². The van der Waals surface area contributed by atoms with Gasteiger partial charge in [-0.25, -0.2) is 9.59 Å². The summed E-state index contributed by atoms with van der Waals surface area (Å²) in [6, 6.07) is -1.50. The number of ether oxygens (including phenoxy) is 1. The second kappa shape index (κ2) is 7.40. The standard InChI is InChI=1S/C22H32F3N3O5/c1-19(2,3)33-17(30)27-21(22(23,24)25)4-5-28(18(31)32)15(21)14-12-6-11-7-13(14)10-20(8-11,9-12)16(26)29/h11-15H,4-10H2,1-3H3,(H2,26,29)(H,27,30)(H,31,32)/t11?,12-,13?,14?,15?,20-,21?/m0/s1. The number of halogens is 3. The van der Waals surface area contributed by atoms with E-state index >= 15 is 0 Å². The summed E-state index contributed by atoms with van der Waals surface area (Å²) in [6.45, 7) is 4.28. The first-order valence-electron chi connectivity index (χ1n) is 11.5. The third-order valence-corrected chi connectivity index (χ3v) is 8.30. The van der Waals surface area contributed by atoms with Gasteiger partial charge in [-0.2, -0.15) is 13.2 Å². The minimum Gasteiger partial charge on any atom is -0.465 e. The lowest BCUT2D eigenvalue weighted by molar-refractivity contribution is -0.218. The van der Waals surface area contributed by atoms with Crippen LogP contribution in [0.1, 0.15) is 59.3 Å². The van der Waals surface area contributed by atoms with Gasteiger partial charge in [0.2, 0.25) is 5.91 Å². The van der Waals surface area contributed by atoms with Crippen molar-refractivity contribution in [2.24, 2.45) is 34.8 Å². The summed E-state index contributed by atoms with van der Waals surface area (Å²) in [4.78, 5) is 37.8. The highest BCUT2D eigenvalue weighted by Gasteiger charge is 2.71. The number of primary amides is 1. The monoisotopic (exact) mass is 475 g/mol. The van der Waals surface area contributed by atoms with E-state index in [4.69, 9.17) is 10.5 Å². The Morgan fingerprint density at radius 2 is 1.67 bits per heavy atom. The van der Waals surface area contributed by atoms with Crippen LogP contribution in [0.5, 0.6) is 0 Å². The number of rotatable bonds is 3. The average molecular weight is 476 g/mol. The maximum Gasteiger partial charge on any atom is 0.413 e. The number of carbonyl (C=O) groups is 3. The van der Waals surface area contributed by atoms with Gasteiger partial charge in [0.15, 0.2) is 5.54 Å². The third kappa shape index (κ3) is 3.80. The highest BCUT2D eigenvalue weighted by atomic mass is 19.4. The quantitative estimate of drug-likeness (QED) is 0.577. The first-order chi connectivity index (χ1) is 15.1. The fourth-order valence-electron chi connectivity index (χ4n) is 7.48. The molecule has 5 fully saturated rings. The molecule has 5 aliphatic rings. The van der Waals surface area contributed by atoms with Crippen LogP contribution in [0, 0.1) is 29.1 Å². The molecule has 5 unspecified atom stereocenters. The van der Waals surface area contributed by atoms with Crippen molar-refractivity contribution < 1.29 is 37.4 Å². The Bertz CT molecular complexity index is 841. The Kier molecular flexibility index (Phi) is 5.37. The van der Waals surface area contributed by atoms with Gasteiger partial charge in [-0.15, -0.1) is 0 Å². The highest BCUT2D eigenvalue weighted by molar-refractivity contribution is 5.81. The first kappa shape index (κ1) is 23.9. The average Bonchev–Trinajstić information content (AvgIpc) is 2.99. The molecule has 33 heavy (non-hydrogen) atoms. The molecule has 5 rings (SSSR count). The van der Waals surface area contributed by atoms with Crippen LogP contribution in [0.15, 0.2) is 0 Å². The summed E-state index contributed by atoms with van der Waals surface area (Å²) in [5.41, 5.74) is 1.20. The Hall–Kier alpha value is -2.20. The number of alkyl halides is 3. The number of carboxylic acid groups (broad SMARTS) is 1. The zero-order valence-corrected chi connectivity index (χ0v) is 19.1. The zero-order chi connectivity index (χ0) is 24.6. The Morgan fingerprint density at radius 3 is 2.12 bits per heavy atom. The number of hydrogen-bond donors (Lipinski definition) is 3. The van der Waals surface area contributed by atoms with Gasteiger partial charge >= 0.3 is 18.4 Å². The molecule has 4 N–H and O–H groups in total. The van der Waals surface area contributed by atoms with Gasteiger partial charge in [-0.05, 0) is 83.0 Å². The molecule has 186 valence electrons. The minimum absolute atomic E-state index is 0.199. The van der Waals surface area contributed by atoms with Crippen molar-refractivity contribution in [1.82, 2.24) is 10.2 Å². The molecule has 1 aliphatic heterocycles. The molecule has 7 atom stereocenters. The van der Waals surface area contributed by atoms with Crippen molar-refractivity contribution in [2.45, 2.75) is 82.7 Å². The van der Waals surface area contributed by atoms with E-state index in [1.807, 2.05) is 0 Å². The van der Waals surface area contributed by atoms with Gasteiger partial charge in [0.1, 0.15) is 5.60 Å². The number of carbonyl (C=O) groups excluding carboxylic acids is 2. The molecule has 0 spiro atoms. The van der Waals surface area contributed by atoms with E-state index < -0.39 is 59.2 Å². The van der Waals surface area contributed by atoms with Crippen molar-refractivity contribution in [3.8, 4) is 0 Å². The summed E-state index contributed by atoms with van der Waals surface area (Å²) < 4.78 is 49.4. The normalized spacial score (nSPS) is 40.1. The van der Waals surface area contributed by atoms with E-state index in [1.54, 1.807) is 20.8 Å². The van der Waals surface area contributed by atoms with E-state index in [2.05, 4.69) is 5.32 Å². The van der Waals surface area contributed by atoms with Gasteiger partial charge in [-0.1, -0.05) is 0 Å². The molecule has 11 heteroatoms. The highest BCUT2D eigenvalue weighted by Crippen LogP contribution is 2.65. The van der Waals surface area contributed by atoms with E-state index in [0.717, 1.165) is 4.90 Å². The summed E-state index contributed by atoms with van der Waals surface area (Å²) in [5.74, 6) is -1.39. The predicted octanol–water partition coefficient (Wildman–Crippen LogP) is 3.49. The van der Waals surface area contributed by atoms with Crippen LogP contribution < -0.4 is 11.1 Å². The molecule has 4 bridgehead atoms. The maximum absolute atomic E-state index is 14.8.